The molecule has 3 N–H and O–H groups in total. The average molecular weight is 345 g/mol. The molecule has 1 aliphatic rings. The second kappa shape index (κ2) is 11.8. The molecule has 1 fully saturated rings. The Morgan fingerprint density at radius 2 is 1.58 bits per heavy atom. The maximum atomic E-state index is 12.2. The van der Waals surface area contributed by atoms with E-state index in [4.69, 9.17) is 19.8 Å². The van der Waals surface area contributed by atoms with Crippen molar-refractivity contribution in [2.75, 3.05) is 33.7 Å². The summed E-state index contributed by atoms with van der Waals surface area (Å²) in [4.78, 5) is 34.6. The second-order valence-corrected chi connectivity index (χ2v) is 6.37. The Morgan fingerprint density at radius 3 is 2.00 bits per heavy atom. The lowest BCUT2D eigenvalue weighted by atomic mass is 9.97. The Balaban J connectivity index is 0.000000754. The van der Waals surface area contributed by atoms with Gasteiger partial charge >= 0.3 is 11.9 Å². The number of nitrogens with zero attached hydrogens (tertiary/aromatic N) is 2. The summed E-state index contributed by atoms with van der Waals surface area (Å²) in [6.45, 7) is 6.81. The fourth-order valence-electron chi connectivity index (χ4n) is 2.72. The van der Waals surface area contributed by atoms with E-state index in [9.17, 15) is 4.79 Å². The smallest absolute Gasteiger partial charge is 0.414 e. The molecule has 0 spiro atoms. The highest BCUT2D eigenvalue weighted by Gasteiger charge is 2.28. The van der Waals surface area contributed by atoms with Gasteiger partial charge in [-0.15, -0.1) is 0 Å². The molecule has 0 aliphatic carbocycles. The molecule has 1 aliphatic heterocycles. The van der Waals surface area contributed by atoms with Crippen LogP contribution >= 0.6 is 0 Å². The van der Waals surface area contributed by atoms with Gasteiger partial charge in [0.2, 0.25) is 5.91 Å². The van der Waals surface area contributed by atoms with E-state index in [0.717, 1.165) is 32.4 Å². The minimum atomic E-state index is -1.82. The summed E-state index contributed by atoms with van der Waals surface area (Å²) in [5.41, 5.74) is 0. The molecule has 0 aromatic carbocycles. The molecule has 2 unspecified atom stereocenters. The number of nitrogens with one attached hydrogen (secondary N) is 1. The highest BCUT2D eigenvalue weighted by molar-refractivity contribution is 6.27. The third-order valence-corrected chi connectivity index (χ3v) is 3.90. The quantitative estimate of drug-likeness (QED) is 0.474. The van der Waals surface area contributed by atoms with E-state index < -0.39 is 11.9 Å². The standard InChI is InChI=1S/C14H29N3O.C2H2O4/c1-12-7-5-8-13(2)17(12)14(18)11-15-9-6-10-16(3)4;3-1(4)2(5)6/h12-13,15H,5-11H2,1-4H3;(H,3,4)(H,5,6). The van der Waals surface area contributed by atoms with Crippen LogP contribution in [0, 0.1) is 0 Å². The molecular formula is C16H31N3O5. The van der Waals surface area contributed by atoms with E-state index in [-0.39, 0.29) is 5.91 Å². The van der Waals surface area contributed by atoms with Gasteiger partial charge in [-0.1, -0.05) is 0 Å². The van der Waals surface area contributed by atoms with Crippen LogP contribution in [0.3, 0.4) is 0 Å². The lowest BCUT2D eigenvalue weighted by molar-refractivity contribution is -0.159. The zero-order chi connectivity index (χ0) is 18.7. The van der Waals surface area contributed by atoms with E-state index in [0.29, 0.717) is 18.6 Å². The molecule has 1 amide bonds. The van der Waals surface area contributed by atoms with Crippen molar-refractivity contribution in [1.29, 1.82) is 0 Å². The number of carboxylic acid groups (broad SMARTS) is 2. The number of rotatable bonds is 6. The first-order valence-electron chi connectivity index (χ1n) is 8.29. The Labute approximate surface area is 143 Å². The summed E-state index contributed by atoms with van der Waals surface area (Å²) in [6.07, 6.45) is 4.64. The Hall–Kier alpha value is -1.67. The molecule has 140 valence electrons. The van der Waals surface area contributed by atoms with Crippen LogP contribution in [-0.4, -0.2) is 83.7 Å². The van der Waals surface area contributed by atoms with Crippen LogP contribution in [0.25, 0.3) is 0 Å². The molecule has 1 heterocycles. The summed E-state index contributed by atoms with van der Waals surface area (Å²) in [5, 5.41) is 18.0. The predicted molar refractivity (Wildman–Crippen MR) is 90.9 cm³/mol. The monoisotopic (exact) mass is 345 g/mol. The first-order chi connectivity index (χ1) is 11.2. The summed E-state index contributed by atoms with van der Waals surface area (Å²) in [6, 6.07) is 0.814. The maximum Gasteiger partial charge on any atom is 0.414 e. The van der Waals surface area contributed by atoms with Crippen LogP contribution in [0.5, 0.6) is 0 Å². The zero-order valence-electron chi connectivity index (χ0n) is 15.1. The molecular weight excluding hydrogens is 314 g/mol. The SMILES string of the molecule is CC1CCCC(C)N1C(=O)CNCCCN(C)C.O=C(O)C(=O)O. The topological polar surface area (TPSA) is 110 Å². The van der Waals surface area contributed by atoms with E-state index in [2.05, 4.69) is 43.1 Å². The third-order valence-electron chi connectivity index (χ3n) is 3.90. The van der Waals surface area contributed by atoms with Crippen molar-refractivity contribution in [2.45, 2.75) is 51.6 Å². The molecule has 8 nitrogen and oxygen atoms in total. The van der Waals surface area contributed by atoms with Gasteiger partial charge in [-0.2, -0.15) is 0 Å². The molecule has 0 saturated carbocycles. The minimum Gasteiger partial charge on any atom is -0.473 e. The number of carbonyl (C=O) groups excluding carboxylic acids is 1. The second-order valence-electron chi connectivity index (χ2n) is 6.37. The van der Waals surface area contributed by atoms with Gasteiger partial charge < -0.3 is 25.3 Å². The Bertz CT molecular complexity index is 393. The molecule has 1 saturated heterocycles. The fourth-order valence-corrected chi connectivity index (χ4v) is 2.72. The molecule has 8 heteroatoms. The molecule has 2 atom stereocenters. The van der Waals surface area contributed by atoms with Crippen LogP contribution < -0.4 is 5.32 Å². The normalized spacial score (nSPS) is 20.3. The van der Waals surface area contributed by atoms with Gasteiger partial charge in [0.25, 0.3) is 0 Å². The van der Waals surface area contributed by atoms with Crippen molar-refractivity contribution in [3.8, 4) is 0 Å². The Kier molecular flexibility index (Phi) is 11.0. The van der Waals surface area contributed by atoms with E-state index in [1.807, 2.05) is 0 Å². The van der Waals surface area contributed by atoms with Gasteiger partial charge in [-0.05, 0) is 66.7 Å². The number of amides is 1. The van der Waals surface area contributed by atoms with Gasteiger partial charge in [0, 0.05) is 12.1 Å². The Morgan fingerprint density at radius 1 is 1.08 bits per heavy atom. The molecule has 0 radical (unpaired) electrons. The van der Waals surface area contributed by atoms with Gasteiger partial charge in [0.1, 0.15) is 0 Å². The number of piperidine rings is 1. The van der Waals surface area contributed by atoms with Crippen LogP contribution in [0.1, 0.15) is 39.5 Å². The molecule has 0 bridgehead atoms. The summed E-state index contributed by atoms with van der Waals surface area (Å²) < 4.78 is 0. The van der Waals surface area contributed by atoms with Crippen molar-refractivity contribution < 1.29 is 24.6 Å². The van der Waals surface area contributed by atoms with Gasteiger partial charge in [0.05, 0.1) is 6.54 Å². The highest BCUT2D eigenvalue weighted by Crippen LogP contribution is 2.22. The van der Waals surface area contributed by atoms with Crippen LogP contribution in [0.15, 0.2) is 0 Å². The van der Waals surface area contributed by atoms with Crippen molar-refractivity contribution in [1.82, 2.24) is 15.1 Å². The molecule has 0 aromatic heterocycles. The number of carboxylic acids is 2. The van der Waals surface area contributed by atoms with E-state index in [1.165, 1.54) is 6.42 Å². The highest BCUT2D eigenvalue weighted by atomic mass is 16.4. The predicted octanol–water partition coefficient (Wildman–Crippen LogP) is 0.473. The number of aliphatic carboxylic acids is 2. The van der Waals surface area contributed by atoms with Crippen LogP contribution in [0.2, 0.25) is 0 Å². The van der Waals surface area contributed by atoms with Crippen molar-refractivity contribution in [3.63, 3.8) is 0 Å². The van der Waals surface area contributed by atoms with Crippen LogP contribution in [0.4, 0.5) is 0 Å². The minimum absolute atomic E-state index is 0.263. The lowest BCUT2D eigenvalue weighted by Gasteiger charge is -2.39. The summed E-state index contributed by atoms with van der Waals surface area (Å²) >= 11 is 0. The first-order valence-corrected chi connectivity index (χ1v) is 8.29. The summed E-state index contributed by atoms with van der Waals surface area (Å²) in [5.74, 6) is -3.38. The van der Waals surface area contributed by atoms with Gasteiger partial charge in [0.15, 0.2) is 0 Å². The fraction of sp³-hybridized carbons (Fsp3) is 0.812. The molecule has 0 aromatic rings. The van der Waals surface area contributed by atoms with Crippen molar-refractivity contribution in [2.24, 2.45) is 0 Å². The van der Waals surface area contributed by atoms with Gasteiger partial charge in [-0.25, -0.2) is 9.59 Å². The lowest BCUT2D eigenvalue weighted by Crippen LogP contribution is -2.50. The van der Waals surface area contributed by atoms with E-state index >= 15 is 0 Å². The average Bonchev–Trinajstić information content (AvgIpc) is 2.46. The zero-order valence-corrected chi connectivity index (χ0v) is 15.1. The van der Waals surface area contributed by atoms with Crippen molar-refractivity contribution in [3.05, 3.63) is 0 Å². The number of carbonyl (C=O) groups is 3. The number of hydrogen-bond donors (Lipinski definition) is 3. The largest absolute Gasteiger partial charge is 0.473 e. The third kappa shape index (κ3) is 9.46. The first kappa shape index (κ1) is 22.3. The summed E-state index contributed by atoms with van der Waals surface area (Å²) in [7, 11) is 4.14. The molecule has 24 heavy (non-hydrogen) atoms. The maximum absolute atomic E-state index is 12.2. The van der Waals surface area contributed by atoms with Crippen LogP contribution in [-0.2, 0) is 14.4 Å². The number of hydrogen-bond acceptors (Lipinski definition) is 5. The van der Waals surface area contributed by atoms with E-state index in [1.54, 1.807) is 0 Å². The van der Waals surface area contributed by atoms with Crippen molar-refractivity contribution >= 4 is 17.8 Å². The molecule has 1 rings (SSSR count). The number of likely N-dealkylation sites (tertiary alicyclic amines) is 1. The van der Waals surface area contributed by atoms with Gasteiger partial charge in [-0.3, -0.25) is 4.79 Å².